The molecule has 0 fully saturated rings. The topological polar surface area (TPSA) is 80.2 Å². The van der Waals surface area contributed by atoms with Crippen LogP contribution in [0.3, 0.4) is 0 Å². The van der Waals surface area contributed by atoms with Crippen LogP contribution in [-0.2, 0) is 16.1 Å². The fraction of sp³-hybridized carbons (Fsp3) is 0.200. The molecule has 1 aliphatic rings. The third-order valence-electron chi connectivity index (χ3n) is 7.17. The first-order valence-electron chi connectivity index (χ1n) is 13.9. The molecule has 6 nitrogen and oxygen atoms in total. The molecular weight excluding hydrogens is 548 g/mol. The summed E-state index contributed by atoms with van der Waals surface area (Å²) in [5, 5.41) is 12.7. The van der Waals surface area contributed by atoms with Gasteiger partial charge >= 0.3 is 0 Å². The molecule has 7 heteroatoms. The standard InChI is InChI=1S/C35H33ClN2O4/c1-2-21-35(34(40)37-24-25-9-17-30(36)18-10-25)32(28-13-11-27(12-14-28)26-7-4-3-5-8-26)42-33(38-35)29-15-19-31(20-16-29)41-23-6-22-39/h2-5,7-20,32,39H,1,6,21-24H2,(H,37,40)/t32-,35-/m1/s1. The van der Waals surface area contributed by atoms with Gasteiger partial charge < -0.3 is 19.9 Å². The Morgan fingerprint density at radius 1 is 0.952 bits per heavy atom. The Kier molecular flexibility index (Phi) is 9.37. The Hall–Kier alpha value is -4.39. The maximum Gasteiger partial charge on any atom is 0.252 e. The Morgan fingerprint density at radius 3 is 2.29 bits per heavy atom. The van der Waals surface area contributed by atoms with E-state index in [1.165, 1.54) is 0 Å². The second kappa shape index (κ2) is 13.5. The molecule has 0 saturated carbocycles. The first-order chi connectivity index (χ1) is 20.5. The molecule has 0 aliphatic carbocycles. The molecule has 0 radical (unpaired) electrons. The Bertz CT molecular complexity index is 1520. The Balaban J connectivity index is 1.47. The van der Waals surface area contributed by atoms with Crippen LogP contribution in [0.25, 0.3) is 11.1 Å². The molecule has 214 valence electrons. The van der Waals surface area contributed by atoms with Crippen LogP contribution in [0.2, 0.25) is 5.02 Å². The number of aliphatic hydroxyl groups excluding tert-OH is 1. The van der Waals surface area contributed by atoms with E-state index >= 15 is 0 Å². The highest BCUT2D eigenvalue weighted by Gasteiger charge is 2.52. The molecule has 5 rings (SSSR count). The van der Waals surface area contributed by atoms with Crippen LogP contribution in [0.15, 0.2) is 121 Å². The third-order valence-corrected chi connectivity index (χ3v) is 7.42. The number of nitrogens with one attached hydrogen (secondary N) is 1. The van der Waals surface area contributed by atoms with E-state index in [0.29, 0.717) is 36.2 Å². The molecule has 4 aromatic rings. The number of ether oxygens (including phenoxy) is 2. The van der Waals surface area contributed by atoms with Crippen molar-refractivity contribution in [2.75, 3.05) is 13.2 Å². The minimum atomic E-state index is -1.27. The highest BCUT2D eigenvalue weighted by molar-refractivity contribution is 6.30. The molecule has 1 amide bonds. The van der Waals surface area contributed by atoms with E-state index in [0.717, 1.165) is 27.8 Å². The van der Waals surface area contributed by atoms with Gasteiger partial charge in [0, 0.05) is 36.6 Å². The first-order valence-corrected chi connectivity index (χ1v) is 14.3. The summed E-state index contributed by atoms with van der Waals surface area (Å²) in [5.74, 6) is 0.794. The zero-order chi connectivity index (χ0) is 29.4. The monoisotopic (exact) mass is 580 g/mol. The molecule has 1 heterocycles. The number of aliphatic hydroxyl groups is 1. The first kappa shape index (κ1) is 29.1. The van der Waals surface area contributed by atoms with Gasteiger partial charge in [-0.25, -0.2) is 4.99 Å². The summed E-state index contributed by atoms with van der Waals surface area (Å²) in [5.41, 5.74) is 3.39. The number of benzene rings is 4. The molecule has 4 aromatic carbocycles. The third kappa shape index (κ3) is 6.56. The SMILES string of the molecule is C=CC[C@@]1(C(=O)NCc2ccc(Cl)cc2)N=C(c2ccc(OCCCO)cc2)O[C@@H]1c1ccc(-c2ccccc2)cc1. The molecule has 42 heavy (non-hydrogen) atoms. The average molecular weight is 581 g/mol. The number of carbonyl (C=O) groups excluding carboxylic acids is 1. The lowest BCUT2D eigenvalue weighted by Gasteiger charge is -2.30. The van der Waals surface area contributed by atoms with E-state index in [9.17, 15) is 4.79 Å². The van der Waals surface area contributed by atoms with Crippen molar-refractivity contribution in [1.29, 1.82) is 0 Å². The maximum absolute atomic E-state index is 14.0. The van der Waals surface area contributed by atoms with Gasteiger partial charge in [0.05, 0.1) is 6.61 Å². The van der Waals surface area contributed by atoms with Gasteiger partial charge in [0.1, 0.15) is 5.75 Å². The Labute approximate surface area is 251 Å². The zero-order valence-corrected chi connectivity index (χ0v) is 24.0. The number of hydrogen-bond acceptors (Lipinski definition) is 5. The van der Waals surface area contributed by atoms with E-state index in [4.69, 9.17) is 31.2 Å². The summed E-state index contributed by atoms with van der Waals surface area (Å²) in [6.07, 6.45) is 1.86. The van der Waals surface area contributed by atoms with Crippen molar-refractivity contribution in [3.05, 3.63) is 137 Å². The predicted octanol–water partition coefficient (Wildman–Crippen LogP) is 6.92. The van der Waals surface area contributed by atoms with E-state index in [1.54, 1.807) is 18.2 Å². The predicted molar refractivity (Wildman–Crippen MR) is 167 cm³/mol. The van der Waals surface area contributed by atoms with Gasteiger partial charge in [0.2, 0.25) is 5.90 Å². The summed E-state index contributed by atoms with van der Waals surface area (Å²) >= 11 is 6.04. The van der Waals surface area contributed by atoms with Gasteiger partial charge in [-0.1, -0.05) is 84.4 Å². The molecule has 2 atom stereocenters. The molecule has 2 N–H and O–H groups in total. The number of aliphatic imine (C=N–C) groups is 1. The van der Waals surface area contributed by atoms with Crippen LogP contribution in [0.4, 0.5) is 0 Å². The number of halogens is 1. The van der Waals surface area contributed by atoms with Crippen molar-refractivity contribution in [3.8, 4) is 16.9 Å². The van der Waals surface area contributed by atoms with Crippen molar-refractivity contribution >= 4 is 23.4 Å². The van der Waals surface area contributed by atoms with E-state index < -0.39 is 11.6 Å². The second-order valence-corrected chi connectivity index (χ2v) is 10.5. The summed E-state index contributed by atoms with van der Waals surface area (Å²) in [6, 6.07) is 32.9. The fourth-order valence-corrected chi connectivity index (χ4v) is 5.08. The zero-order valence-electron chi connectivity index (χ0n) is 23.2. The molecule has 0 aromatic heterocycles. The van der Waals surface area contributed by atoms with E-state index in [-0.39, 0.29) is 18.9 Å². The van der Waals surface area contributed by atoms with Crippen LogP contribution in [0.5, 0.6) is 5.75 Å². The maximum atomic E-state index is 14.0. The van der Waals surface area contributed by atoms with Gasteiger partial charge in [-0.05, 0) is 58.7 Å². The summed E-state index contributed by atoms with van der Waals surface area (Å²) in [7, 11) is 0. The fourth-order valence-electron chi connectivity index (χ4n) is 4.95. The van der Waals surface area contributed by atoms with Crippen LogP contribution in [0.1, 0.15) is 35.6 Å². The highest BCUT2D eigenvalue weighted by Crippen LogP contribution is 2.43. The lowest BCUT2D eigenvalue weighted by Crippen LogP contribution is -2.47. The smallest absolute Gasteiger partial charge is 0.252 e. The van der Waals surface area contributed by atoms with Crippen molar-refractivity contribution < 1.29 is 19.4 Å². The lowest BCUT2D eigenvalue weighted by atomic mass is 9.84. The van der Waals surface area contributed by atoms with Gasteiger partial charge in [-0.3, -0.25) is 4.79 Å². The molecule has 0 saturated heterocycles. The lowest BCUT2D eigenvalue weighted by molar-refractivity contribution is -0.129. The van der Waals surface area contributed by atoms with E-state index in [2.05, 4.69) is 24.0 Å². The van der Waals surface area contributed by atoms with Gasteiger partial charge in [-0.15, -0.1) is 6.58 Å². The number of amides is 1. The molecule has 0 spiro atoms. The number of carbonyl (C=O) groups is 1. The molecule has 0 bridgehead atoms. The van der Waals surface area contributed by atoms with E-state index in [1.807, 2.05) is 78.9 Å². The van der Waals surface area contributed by atoms with Crippen molar-refractivity contribution in [2.45, 2.75) is 31.0 Å². The normalized spacial score (nSPS) is 17.7. The average Bonchev–Trinajstić information content (AvgIpc) is 3.42. The van der Waals surface area contributed by atoms with Crippen LogP contribution < -0.4 is 10.1 Å². The minimum Gasteiger partial charge on any atom is -0.494 e. The number of rotatable bonds is 12. The van der Waals surface area contributed by atoms with Crippen LogP contribution in [-0.4, -0.2) is 35.7 Å². The largest absolute Gasteiger partial charge is 0.494 e. The minimum absolute atomic E-state index is 0.0713. The van der Waals surface area contributed by atoms with Gasteiger partial charge in [0.25, 0.3) is 5.91 Å². The summed E-state index contributed by atoms with van der Waals surface area (Å²) in [4.78, 5) is 19.0. The Morgan fingerprint density at radius 2 is 1.62 bits per heavy atom. The van der Waals surface area contributed by atoms with Crippen molar-refractivity contribution in [1.82, 2.24) is 5.32 Å². The molecule has 0 unspecified atom stereocenters. The summed E-state index contributed by atoms with van der Waals surface area (Å²) in [6.45, 7) is 4.76. The number of nitrogens with zero attached hydrogens (tertiary/aromatic N) is 1. The summed E-state index contributed by atoms with van der Waals surface area (Å²) < 4.78 is 12.2. The van der Waals surface area contributed by atoms with Crippen molar-refractivity contribution in [3.63, 3.8) is 0 Å². The highest BCUT2D eigenvalue weighted by atomic mass is 35.5. The quantitative estimate of drug-likeness (QED) is 0.141. The number of hydrogen-bond donors (Lipinski definition) is 2. The van der Waals surface area contributed by atoms with Crippen molar-refractivity contribution in [2.24, 2.45) is 4.99 Å². The van der Waals surface area contributed by atoms with Gasteiger partial charge in [0.15, 0.2) is 11.6 Å². The van der Waals surface area contributed by atoms with Crippen LogP contribution >= 0.6 is 11.6 Å². The molecular formula is C35H33ClN2O4. The van der Waals surface area contributed by atoms with Crippen LogP contribution in [0, 0.1) is 0 Å². The second-order valence-electron chi connectivity index (χ2n) is 10.1. The molecule has 1 aliphatic heterocycles. The van der Waals surface area contributed by atoms with Gasteiger partial charge in [-0.2, -0.15) is 0 Å².